The molecule has 1 aromatic heterocycles. The summed E-state index contributed by atoms with van der Waals surface area (Å²) in [5.41, 5.74) is 1.03. The highest BCUT2D eigenvalue weighted by Gasteiger charge is 2.42. The first-order chi connectivity index (χ1) is 13.4. The van der Waals surface area contributed by atoms with Gasteiger partial charge in [-0.25, -0.2) is 4.68 Å². The Hall–Kier alpha value is -2.43. The van der Waals surface area contributed by atoms with Crippen molar-refractivity contribution in [3.05, 3.63) is 48.3 Å². The van der Waals surface area contributed by atoms with Crippen LogP contribution >= 0.6 is 0 Å². The third-order valence-corrected chi connectivity index (χ3v) is 6.46. The number of rotatable bonds is 4. The van der Waals surface area contributed by atoms with Crippen molar-refractivity contribution in [2.75, 3.05) is 5.32 Å². The molecule has 2 aliphatic carbocycles. The number of tetrazole rings is 1. The molecule has 5 nitrogen and oxygen atoms in total. The van der Waals surface area contributed by atoms with Crippen LogP contribution < -0.4 is 5.32 Å². The highest BCUT2D eigenvalue weighted by Crippen LogP contribution is 2.43. The van der Waals surface area contributed by atoms with E-state index in [1.165, 1.54) is 61.4 Å². The van der Waals surface area contributed by atoms with Gasteiger partial charge in [-0.2, -0.15) is 0 Å². The second-order valence-electron chi connectivity index (χ2n) is 8.18. The standard InChI is InChI=1S/C22H27N5/c1-2-11-18(12-3-1)27-21(24-25-26-27)22(15-6-7-16-22)23-20-14-8-10-17-9-4-5-13-19(17)20/h4-5,8-10,13-14,18,23H,1-3,6-7,11-12,15-16H2. The Kier molecular flexibility index (Phi) is 4.30. The number of anilines is 1. The van der Waals surface area contributed by atoms with Crippen LogP contribution in [0.5, 0.6) is 0 Å². The summed E-state index contributed by atoms with van der Waals surface area (Å²) in [7, 11) is 0. The number of benzene rings is 2. The van der Waals surface area contributed by atoms with Crippen LogP contribution in [-0.2, 0) is 5.54 Å². The SMILES string of the molecule is c1ccc2c(NC3(c4nnnn4C4CCCCC4)CCCC3)cccc2c1. The van der Waals surface area contributed by atoms with Gasteiger partial charge in [-0.15, -0.1) is 5.10 Å². The fraction of sp³-hybridized carbons (Fsp3) is 0.500. The molecule has 0 aliphatic heterocycles. The molecule has 0 spiro atoms. The molecular formula is C22H27N5. The van der Waals surface area contributed by atoms with Gasteiger partial charge in [-0.3, -0.25) is 0 Å². The molecule has 0 bridgehead atoms. The molecule has 5 rings (SSSR count). The molecule has 1 N–H and O–H groups in total. The lowest BCUT2D eigenvalue weighted by Gasteiger charge is -2.33. The molecule has 0 saturated heterocycles. The minimum absolute atomic E-state index is 0.162. The minimum atomic E-state index is -0.162. The summed E-state index contributed by atoms with van der Waals surface area (Å²) < 4.78 is 2.16. The van der Waals surface area contributed by atoms with E-state index < -0.39 is 0 Å². The van der Waals surface area contributed by atoms with Gasteiger partial charge in [0.2, 0.25) is 0 Å². The van der Waals surface area contributed by atoms with Gasteiger partial charge < -0.3 is 5.32 Å². The van der Waals surface area contributed by atoms with E-state index in [9.17, 15) is 0 Å². The van der Waals surface area contributed by atoms with E-state index >= 15 is 0 Å². The topological polar surface area (TPSA) is 55.6 Å². The highest BCUT2D eigenvalue weighted by molar-refractivity contribution is 5.94. The molecule has 140 valence electrons. The van der Waals surface area contributed by atoms with Crippen LogP contribution in [-0.4, -0.2) is 20.2 Å². The Morgan fingerprint density at radius 1 is 0.889 bits per heavy atom. The van der Waals surface area contributed by atoms with Crippen molar-refractivity contribution in [1.29, 1.82) is 0 Å². The van der Waals surface area contributed by atoms with E-state index in [1.807, 2.05) is 0 Å². The molecule has 0 radical (unpaired) electrons. The van der Waals surface area contributed by atoms with Crippen molar-refractivity contribution in [1.82, 2.24) is 20.2 Å². The summed E-state index contributed by atoms with van der Waals surface area (Å²) in [5, 5.41) is 19.6. The van der Waals surface area contributed by atoms with Gasteiger partial charge in [-0.1, -0.05) is 68.5 Å². The third kappa shape index (κ3) is 2.99. The van der Waals surface area contributed by atoms with E-state index in [2.05, 4.69) is 68.0 Å². The molecule has 2 aromatic carbocycles. The molecule has 2 fully saturated rings. The predicted octanol–water partition coefficient (Wildman–Crippen LogP) is 5.21. The van der Waals surface area contributed by atoms with E-state index in [1.54, 1.807) is 0 Å². The number of aromatic nitrogens is 4. The summed E-state index contributed by atoms with van der Waals surface area (Å²) >= 11 is 0. The molecule has 0 amide bonds. The molecule has 2 aliphatic rings. The number of hydrogen-bond donors (Lipinski definition) is 1. The zero-order valence-corrected chi connectivity index (χ0v) is 15.8. The van der Waals surface area contributed by atoms with Gasteiger partial charge in [0.25, 0.3) is 0 Å². The highest BCUT2D eigenvalue weighted by atomic mass is 15.6. The first-order valence-corrected chi connectivity index (χ1v) is 10.4. The van der Waals surface area contributed by atoms with Gasteiger partial charge in [0.15, 0.2) is 5.82 Å². The Bertz CT molecular complexity index is 914. The van der Waals surface area contributed by atoms with Crippen LogP contribution in [0.1, 0.15) is 69.7 Å². The lowest BCUT2D eigenvalue weighted by Crippen LogP contribution is -2.37. The van der Waals surface area contributed by atoms with Gasteiger partial charge in [0.1, 0.15) is 0 Å². The first kappa shape index (κ1) is 16.7. The van der Waals surface area contributed by atoms with Crippen molar-refractivity contribution in [2.45, 2.75) is 69.4 Å². The van der Waals surface area contributed by atoms with Crippen LogP contribution in [0.15, 0.2) is 42.5 Å². The van der Waals surface area contributed by atoms with Crippen LogP contribution in [0, 0.1) is 0 Å². The summed E-state index contributed by atoms with van der Waals surface area (Å²) in [5.74, 6) is 1.04. The molecule has 0 unspecified atom stereocenters. The zero-order valence-electron chi connectivity index (χ0n) is 15.8. The molecular weight excluding hydrogens is 334 g/mol. The smallest absolute Gasteiger partial charge is 0.177 e. The maximum absolute atomic E-state index is 4.56. The van der Waals surface area contributed by atoms with E-state index in [0.717, 1.165) is 18.7 Å². The largest absolute Gasteiger partial charge is 0.372 e. The fourth-order valence-electron chi connectivity index (χ4n) is 5.06. The summed E-state index contributed by atoms with van der Waals surface area (Å²) in [4.78, 5) is 0. The summed E-state index contributed by atoms with van der Waals surface area (Å²) in [6.07, 6.45) is 10.9. The van der Waals surface area contributed by atoms with Gasteiger partial charge in [0.05, 0.1) is 11.6 Å². The lowest BCUT2D eigenvalue weighted by atomic mass is 9.92. The van der Waals surface area contributed by atoms with E-state index in [0.29, 0.717) is 6.04 Å². The second kappa shape index (κ2) is 6.95. The Morgan fingerprint density at radius 2 is 1.67 bits per heavy atom. The number of hydrogen-bond acceptors (Lipinski definition) is 4. The maximum atomic E-state index is 4.56. The normalized spacial score (nSPS) is 20.1. The number of nitrogens with one attached hydrogen (secondary N) is 1. The van der Waals surface area contributed by atoms with Gasteiger partial charge in [-0.05, 0) is 47.6 Å². The number of nitrogens with zero attached hydrogens (tertiary/aromatic N) is 4. The Labute approximate surface area is 160 Å². The number of fused-ring (bicyclic) bond motifs is 1. The summed E-state index contributed by atoms with van der Waals surface area (Å²) in [6, 6.07) is 15.5. The first-order valence-electron chi connectivity index (χ1n) is 10.4. The monoisotopic (exact) mass is 361 g/mol. The molecule has 0 atom stereocenters. The average molecular weight is 361 g/mol. The van der Waals surface area contributed by atoms with Crippen LogP contribution in [0.4, 0.5) is 5.69 Å². The molecule has 3 aromatic rings. The Morgan fingerprint density at radius 3 is 2.52 bits per heavy atom. The Balaban J connectivity index is 1.55. The molecule has 5 heteroatoms. The second-order valence-corrected chi connectivity index (χ2v) is 8.18. The van der Waals surface area contributed by atoms with Crippen LogP contribution in [0.3, 0.4) is 0 Å². The minimum Gasteiger partial charge on any atom is -0.372 e. The van der Waals surface area contributed by atoms with Crippen molar-refractivity contribution in [2.24, 2.45) is 0 Å². The van der Waals surface area contributed by atoms with Crippen molar-refractivity contribution >= 4 is 16.5 Å². The van der Waals surface area contributed by atoms with Crippen molar-refractivity contribution in [3.8, 4) is 0 Å². The fourth-order valence-corrected chi connectivity index (χ4v) is 5.06. The van der Waals surface area contributed by atoms with E-state index in [4.69, 9.17) is 0 Å². The van der Waals surface area contributed by atoms with Gasteiger partial charge >= 0.3 is 0 Å². The molecule has 2 saturated carbocycles. The van der Waals surface area contributed by atoms with Crippen molar-refractivity contribution in [3.63, 3.8) is 0 Å². The van der Waals surface area contributed by atoms with Crippen LogP contribution in [0.2, 0.25) is 0 Å². The molecule has 1 heterocycles. The zero-order chi connectivity index (χ0) is 18.1. The lowest BCUT2D eigenvalue weighted by molar-refractivity contribution is 0.298. The van der Waals surface area contributed by atoms with Gasteiger partial charge in [0, 0.05) is 11.1 Å². The predicted molar refractivity (Wildman–Crippen MR) is 108 cm³/mol. The van der Waals surface area contributed by atoms with E-state index in [-0.39, 0.29) is 5.54 Å². The summed E-state index contributed by atoms with van der Waals surface area (Å²) in [6.45, 7) is 0. The third-order valence-electron chi connectivity index (χ3n) is 6.46. The quantitative estimate of drug-likeness (QED) is 0.693. The molecule has 27 heavy (non-hydrogen) atoms. The maximum Gasteiger partial charge on any atom is 0.177 e. The van der Waals surface area contributed by atoms with Crippen LogP contribution in [0.25, 0.3) is 10.8 Å². The average Bonchev–Trinajstić information content (AvgIpc) is 3.39. The van der Waals surface area contributed by atoms with Crippen molar-refractivity contribution < 1.29 is 0 Å².